The molecule has 3 rings (SSSR count). The minimum absolute atomic E-state index is 0.133. The number of aromatic nitrogens is 3. The molecule has 0 bridgehead atoms. The number of hydrazine groups is 1. The zero-order valence-corrected chi connectivity index (χ0v) is 17.4. The zero-order chi connectivity index (χ0) is 20.8. The van der Waals surface area contributed by atoms with Gasteiger partial charge in [-0.15, -0.1) is 0 Å². The number of hydrogen-bond acceptors (Lipinski definition) is 5. The van der Waals surface area contributed by atoms with E-state index in [-0.39, 0.29) is 11.7 Å². The fourth-order valence-electron chi connectivity index (χ4n) is 2.46. The zero-order valence-electron chi connectivity index (χ0n) is 15.8. The van der Waals surface area contributed by atoms with Crippen molar-refractivity contribution in [3.63, 3.8) is 0 Å². The molecule has 3 aromatic rings. The van der Waals surface area contributed by atoms with Gasteiger partial charge in [0, 0.05) is 22.8 Å². The van der Waals surface area contributed by atoms with Gasteiger partial charge >= 0.3 is 0 Å². The molecule has 1 aromatic carbocycles. The summed E-state index contributed by atoms with van der Waals surface area (Å²) in [5.74, 6) is -0.151. The lowest BCUT2D eigenvalue weighted by atomic mass is 10.1. The van der Waals surface area contributed by atoms with Crippen molar-refractivity contribution < 1.29 is 4.79 Å². The van der Waals surface area contributed by atoms with Crippen LogP contribution >= 0.6 is 23.8 Å². The first kappa shape index (κ1) is 20.6. The van der Waals surface area contributed by atoms with Gasteiger partial charge in [0.15, 0.2) is 10.9 Å². The van der Waals surface area contributed by atoms with Gasteiger partial charge in [0.25, 0.3) is 5.91 Å². The minimum Gasteiger partial charge on any atom is -0.359 e. The lowest BCUT2D eigenvalue weighted by molar-refractivity contribution is 0.0938. The number of nitrogens with zero attached hydrogens (tertiary/aromatic N) is 3. The van der Waals surface area contributed by atoms with Gasteiger partial charge in [0.1, 0.15) is 11.4 Å². The predicted octanol–water partition coefficient (Wildman–Crippen LogP) is 3.38. The van der Waals surface area contributed by atoms with E-state index in [1.165, 1.54) is 0 Å². The molecule has 29 heavy (non-hydrogen) atoms. The van der Waals surface area contributed by atoms with E-state index < -0.39 is 5.91 Å². The van der Waals surface area contributed by atoms with Gasteiger partial charge in [-0.05, 0) is 50.3 Å². The quantitative estimate of drug-likeness (QED) is 0.435. The number of hydrogen-bond donors (Lipinski definition) is 3. The SMILES string of the molecule is CC(C)NC(=S)NNC(=O)c1cc(-c2ccccc2Cl)nc(-c2ccccn2)n1. The second-order valence-corrected chi connectivity index (χ2v) is 7.18. The van der Waals surface area contributed by atoms with E-state index in [1.807, 2.05) is 38.1 Å². The predicted molar refractivity (Wildman–Crippen MR) is 117 cm³/mol. The molecular weight excluding hydrogens is 408 g/mol. The standard InChI is InChI=1S/C20H19ClN6OS/c1-12(2)23-20(29)27-26-19(28)17-11-16(13-7-3-4-8-14(13)21)24-18(25-17)15-9-5-6-10-22-15/h3-12H,1-2H3,(H,26,28)(H2,23,27,29). The lowest BCUT2D eigenvalue weighted by Crippen LogP contribution is -2.48. The first-order valence-corrected chi connectivity index (χ1v) is 9.65. The highest BCUT2D eigenvalue weighted by Crippen LogP contribution is 2.27. The average molecular weight is 427 g/mol. The molecule has 7 nitrogen and oxygen atoms in total. The molecule has 3 N–H and O–H groups in total. The largest absolute Gasteiger partial charge is 0.359 e. The molecule has 0 fully saturated rings. The van der Waals surface area contributed by atoms with E-state index in [9.17, 15) is 4.79 Å². The van der Waals surface area contributed by atoms with Gasteiger partial charge in [-0.3, -0.25) is 20.6 Å². The van der Waals surface area contributed by atoms with Gasteiger partial charge in [-0.2, -0.15) is 0 Å². The summed E-state index contributed by atoms with van der Waals surface area (Å²) < 4.78 is 0. The van der Waals surface area contributed by atoms with E-state index >= 15 is 0 Å². The summed E-state index contributed by atoms with van der Waals surface area (Å²) in [6.07, 6.45) is 1.64. The van der Waals surface area contributed by atoms with Crippen LogP contribution in [0, 0.1) is 0 Å². The molecule has 1 amide bonds. The first-order chi connectivity index (χ1) is 13.9. The fourth-order valence-corrected chi connectivity index (χ4v) is 2.98. The maximum absolute atomic E-state index is 12.7. The Bertz CT molecular complexity index is 1030. The van der Waals surface area contributed by atoms with Crippen molar-refractivity contribution >= 4 is 34.8 Å². The topological polar surface area (TPSA) is 91.8 Å². The van der Waals surface area contributed by atoms with Crippen molar-refractivity contribution in [2.75, 3.05) is 0 Å². The van der Waals surface area contributed by atoms with E-state index in [0.717, 1.165) is 0 Å². The van der Waals surface area contributed by atoms with Crippen LogP contribution in [0.3, 0.4) is 0 Å². The molecule has 0 aliphatic carbocycles. The van der Waals surface area contributed by atoms with Crippen LogP contribution < -0.4 is 16.2 Å². The van der Waals surface area contributed by atoms with E-state index in [2.05, 4.69) is 31.1 Å². The Balaban J connectivity index is 1.96. The summed E-state index contributed by atoms with van der Waals surface area (Å²) in [6, 6.07) is 14.4. The molecule has 148 valence electrons. The summed E-state index contributed by atoms with van der Waals surface area (Å²) in [6.45, 7) is 3.88. The number of pyridine rings is 1. The van der Waals surface area contributed by atoms with Gasteiger partial charge in [-0.25, -0.2) is 9.97 Å². The van der Waals surface area contributed by atoms with Crippen molar-refractivity contribution in [3.05, 3.63) is 65.4 Å². The molecule has 0 atom stereocenters. The van der Waals surface area contributed by atoms with E-state index in [1.54, 1.807) is 30.5 Å². The number of thiocarbonyl (C=S) groups is 1. The number of rotatable bonds is 4. The molecule has 2 aromatic heterocycles. The number of nitrogens with one attached hydrogen (secondary N) is 3. The van der Waals surface area contributed by atoms with Crippen LogP contribution in [0.25, 0.3) is 22.8 Å². The molecule has 2 heterocycles. The number of amides is 1. The third kappa shape index (κ3) is 5.46. The number of carbonyl (C=O) groups excluding carboxylic acids is 1. The Morgan fingerprint density at radius 2 is 1.79 bits per heavy atom. The van der Waals surface area contributed by atoms with Crippen molar-refractivity contribution in [3.8, 4) is 22.8 Å². The normalized spacial score (nSPS) is 10.5. The highest BCUT2D eigenvalue weighted by molar-refractivity contribution is 7.80. The van der Waals surface area contributed by atoms with Gasteiger partial charge in [0.05, 0.1) is 5.69 Å². The Kier molecular flexibility index (Phi) is 6.69. The smallest absolute Gasteiger partial charge is 0.288 e. The van der Waals surface area contributed by atoms with Crippen molar-refractivity contribution in [1.29, 1.82) is 0 Å². The van der Waals surface area contributed by atoms with Crippen LogP contribution in [0.2, 0.25) is 5.02 Å². The summed E-state index contributed by atoms with van der Waals surface area (Å²) in [5, 5.41) is 3.80. The van der Waals surface area contributed by atoms with Gasteiger partial charge < -0.3 is 5.32 Å². The molecule has 0 saturated heterocycles. The summed E-state index contributed by atoms with van der Waals surface area (Å²) in [7, 11) is 0. The second-order valence-electron chi connectivity index (χ2n) is 6.36. The second kappa shape index (κ2) is 9.40. The molecular formula is C20H19ClN6OS. The summed E-state index contributed by atoms with van der Waals surface area (Å²) in [5.41, 5.74) is 7.09. The van der Waals surface area contributed by atoms with Crippen LogP contribution in [0.5, 0.6) is 0 Å². The molecule has 0 radical (unpaired) electrons. The van der Waals surface area contributed by atoms with Gasteiger partial charge in [-0.1, -0.05) is 35.9 Å². The van der Waals surface area contributed by atoms with Crippen molar-refractivity contribution in [2.24, 2.45) is 0 Å². The highest BCUT2D eigenvalue weighted by Gasteiger charge is 2.16. The maximum Gasteiger partial charge on any atom is 0.288 e. The number of halogens is 1. The van der Waals surface area contributed by atoms with Crippen molar-refractivity contribution in [2.45, 2.75) is 19.9 Å². The molecule has 0 aliphatic heterocycles. The fraction of sp³-hybridized carbons (Fsp3) is 0.150. The van der Waals surface area contributed by atoms with Crippen LogP contribution in [0.15, 0.2) is 54.7 Å². The van der Waals surface area contributed by atoms with Crippen LogP contribution in [0.1, 0.15) is 24.3 Å². The van der Waals surface area contributed by atoms with E-state index in [4.69, 9.17) is 23.8 Å². The Morgan fingerprint density at radius 1 is 1.03 bits per heavy atom. The summed E-state index contributed by atoms with van der Waals surface area (Å²) in [4.78, 5) is 25.9. The number of carbonyl (C=O) groups is 1. The monoisotopic (exact) mass is 426 g/mol. The van der Waals surface area contributed by atoms with Crippen LogP contribution in [-0.4, -0.2) is 32.0 Å². The molecule has 9 heteroatoms. The average Bonchev–Trinajstić information content (AvgIpc) is 2.72. The molecule has 0 spiro atoms. The lowest BCUT2D eigenvalue weighted by Gasteiger charge is -2.14. The van der Waals surface area contributed by atoms with Crippen LogP contribution in [0.4, 0.5) is 0 Å². The Labute approximate surface area is 178 Å². The highest BCUT2D eigenvalue weighted by atomic mass is 35.5. The minimum atomic E-state index is -0.467. The molecule has 0 unspecified atom stereocenters. The Hall–Kier alpha value is -3.10. The molecule has 0 aliphatic rings. The van der Waals surface area contributed by atoms with Gasteiger partial charge in [0.2, 0.25) is 0 Å². The Morgan fingerprint density at radius 3 is 2.48 bits per heavy atom. The third-order valence-electron chi connectivity index (χ3n) is 3.71. The number of benzene rings is 1. The maximum atomic E-state index is 12.7. The van der Waals surface area contributed by atoms with Crippen LogP contribution in [-0.2, 0) is 0 Å². The molecule has 0 saturated carbocycles. The third-order valence-corrected chi connectivity index (χ3v) is 4.26. The first-order valence-electron chi connectivity index (χ1n) is 8.86. The van der Waals surface area contributed by atoms with Crippen molar-refractivity contribution in [1.82, 2.24) is 31.1 Å². The van der Waals surface area contributed by atoms with E-state index in [0.29, 0.717) is 32.9 Å². The summed E-state index contributed by atoms with van der Waals surface area (Å²) >= 11 is 11.4.